The van der Waals surface area contributed by atoms with Gasteiger partial charge in [0.1, 0.15) is 5.82 Å². The average molecular weight is 252 g/mol. The molecule has 1 fully saturated rings. The van der Waals surface area contributed by atoms with E-state index in [-0.39, 0.29) is 18.5 Å². The molecule has 0 saturated carbocycles. The predicted octanol–water partition coefficient (Wildman–Crippen LogP) is 1.72. The zero-order valence-electron chi connectivity index (χ0n) is 11.0. The Morgan fingerprint density at radius 1 is 1.44 bits per heavy atom. The molecule has 18 heavy (non-hydrogen) atoms. The number of benzene rings is 1. The van der Waals surface area contributed by atoms with Gasteiger partial charge in [-0.2, -0.15) is 0 Å². The van der Waals surface area contributed by atoms with Crippen LogP contribution < -0.4 is 4.90 Å². The summed E-state index contributed by atoms with van der Waals surface area (Å²) in [5.41, 5.74) is 0.899. The van der Waals surface area contributed by atoms with Gasteiger partial charge in [-0.1, -0.05) is 6.07 Å². The van der Waals surface area contributed by atoms with Gasteiger partial charge in [0.15, 0.2) is 0 Å². The third kappa shape index (κ3) is 2.82. The van der Waals surface area contributed by atoms with E-state index in [0.717, 1.165) is 25.2 Å². The quantitative estimate of drug-likeness (QED) is 0.868. The molecule has 0 radical (unpaired) electrons. The lowest BCUT2D eigenvalue weighted by Crippen LogP contribution is -2.44. The Hall–Kier alpha value is -1.13. The number of hydrogen-bond acceptors (Lipinski definition) is 3. The van der Waals surface area contributed by atoms with Crippen LogP contribution in [0.15, 0.2) is 24.3 Å². The minimum Gasteiger partial charge on any atom is -0.395 e. The highest BCUT2D eigenvalue weighted by molar-refractivity contribution is 5.46. The SMILES string of the molecule is CC1CCN(c2cccc(F)c2)CC(CO)N1C. The molecule has 0 aliphatic carbocycles. The van der Waals surface area contributed by atoms with Gasteiger partial charge < -0.3 is 10.0 Å². The first kappa shape index (κ1) is 13.3. The van der Waals surface area contributed by atoms with E-state index in [4.69, 9.17) is 0 Å². The molecular formula is C14H21FN2O. The summed E-state index contributed by atoms with van der Waals surface area (Å²) in [4.78, 5) is 4.36. The van der Waals surface area contributed by atoms with Crippen molar-refractivity contribution in [3.8, 4) is 0 Å². The van der Waals surface area contributed by atoms with E-state index in [1.54, 1.807) is 12.1 Å². The first-order valence-corrected chi connectivity index (χ1v) is 6.45. The molecule has 1 aromatic rings. The molecule has 1 aromatic carbocycles. The van der Waals surface area contributed by atoms with E-state index in [9.17, 15) is 9.50 Å². The highest BCUT2D eigenvalue weighted by Gasteiger charge is 2.26. The van der Waals surface area contributed by atoms with Crippen LogP contribution in [-0.4, -0.2) is 48.8 Å². The fourth-order valence-electron chi connectivity index (χ4n) is 2.47. The molecule has 1 N–H and O–H groups in total. The first-order chi connectivity index (χ1) is 8.61. The molecule has 2 atom stereocenters. The summed E-state index contributed by atoms with van der Waals surface area (Å²) in [6, 6.07) is 7.21. The maximum Gasteiger partial charge on any atom is 0.125 e. The minimum absolute atomic E-state index is 0.103. The van der Waals surface area contributed by atoms with Crippen LogP contribution in [0.5, 0.6) is 0 Å². The first-order valence-electron chi connectivity index (χ1n) is 6.45. The van der Waals surface area contributed by atoms with Gasteiger partial charge in [0.2, 0.25) is 0 Å². The van der Waals surface area contributed by atoms with Gasteiger partial charge in [0.25, 0.3) is 0 Å². The van der Waals surface area contributed by atoms with Crippen molar-refractivity contribution in [2.24, 2.45) is 0 Å². The van der Waals surface area contributed by atoms with Crippen LogP contribution >= 0.6 is 0 Å². The molecule has 3 nitrogen and oxygen atoms in total. The number of hydrogen-bond donors (Lipinski definition) is 1. The number of aliphatic hydroxyl groups is 1. The van der Waals surface area contributed by atoms with E-state index >= 15 is 0 Å². The highest BCUT2D eigenvalue weighted by atomic mass is 19.1. The maximum atomic E-state index is 13.3. The monoisotopic (exact) mass is 252 g/mol. The second-order valence-electron chi connectivity index (χ2n) is 5.07. The second kappa shape index (κ2) is 5.67. The van der Waals surface area contributed by atoms with Gasteiger partial charge >= 0.3 is 0 Å². The number of nitrogens with zero attached hydrogens (tertiary/aromatic N) is 2. The van der Waals surface area contributed by atoms with Crippen LogP contribution in [0.25, 0.3) is 0 Å². The summed E-state index contributed by atoms with van der Waals surface area (Å²) >= 11 is 0. The van der Waals surface area contributed by atoms with Crippen LogP contribution in [-0.2, 0) is 0 Å². The van der Waals surface area contributed by atoms with Gasteiger partial charge in [0, 0.05) is 24.8 Å². The largest absolute Gasteiger partial charge is 0.395 e. The van der Waals surface area contributed by atoms with Crippen molar-refractivity contribution in [3.63, 3.8) is 0 Å². The molecule has 0 spiro atoms. The Morgan fingerprint density at radius 3 is 2.89 bits per heavy atom. The summed E-state index contributed by atoms with van der Waals surface area (Å²) < 4.78 is 13.3. The normalized spacial score (nSPS) is 26.1. The summed E-state index contributed by atoms with van der Waals surface area (Å²) in [6.45, 7) is 3.93. The molecular weight excluding hydrogens is 231 g/mol. The molecule has 4 heteroatoms. The van der Waals surface area contributed by atoms with Gasteiger partial charge in [-0.15, -0.1) is 0 Å². The summed E-state index contributed by atoms with van der Waals surface area (Å²) in [5.74, 6) is -0.210. The lowest BCUT2D eigenvalue weighted by Gasteiger charge is -2.30. The van der Waals surface area contributed by atoms with Crippen LogP contribution in [0, 0.1) is 5.82 Å². The Kier molecular flexibility index (Phi) is 4.19. The van der Waals surface area contributed by atoms with Crippen molar-refractivity contribution < 1.29 is 9.50 Å². The van der Waals surface area contributed by atoms with E-state index in [2.05, 4.69) is 16.7 Å². The van der Waals surface area contributed by atoms with Crippen LogP contribution in [0.3, 0.4) is 0 Å². The van der Waals surface area contributed by atoms with Crippen molar-refractivity contribution >= 4 is 5.69 Å². The standard InChI is InChI=1S/C14H21FN2O/c1-11-6-7-17(9-14(10-18)16(11)2)13-5-3-4-12(15)8-13/h3-5,8,11,14,18H,6-7,9-10H2,1-2H3. The third-order valence-electron chi connectivity index (χ3n) is 3.90. The van der Waals surface area contributed by atoms with Gasteiger partial charge in [-0.05, 0) is 38.6 Å². The fraction of sp³-hybridized carbons (Fsp3) is 0.571. The van der Waals surface area contributed by atoms with Crippen molar-refractivity contribution in [1.29, 1.82) is 0 Å². The Morgan fingerprint density at radius 2 is 2.22 bits per heavy atom. The van der Waals surface area contributed by atoms with Gasteiger partial charge in [-0.3, -0.25) is 4.90 Å². The summed E-state index contributed by atoms with van der Waals surface area (Å²) in [5, 5.41) is 9.48. The maximum absolute atomic E-state index is 13.3. The van der Waals surface area contributed by atoms with Crippen LogP contribution in [0.1, 0.15) is 13.3 Å². The number of aliphatic hydroxyl groups excluding tert-OH is 1. The number of rotatable bonds is 2. The molecule has 1 aliphatic rings. The van der Waals surface area contributed by atoms with Crippen molar-refractivity contribution in [2.45, 2.75) is 25.4 Å². The molecule has 1 aliphatic heterocycles. The number of likely N-dealkylation sites (N-methyl/N-ethyl adjacent to an activating group) is 1. The van der Waals surface area contributed by atoms with Crippen molar-refractivity contribution in [3.05, 3.63) is 30.1 Å². The smallest absolute Gasteiger partial charge is 0.125 e. The fourth-order valence-corrected chi connectivity index (χ4v) is 2.47. The van der Waals surface area contributed by atoms with E-state index < -0.39 is 0 Å². The Labute approximate surface area is 108 Å². The molecule has 1 heterocycles. The Bertz CT molecular complexity index is 399. The zero-order chi connectivity index (χ0) is 13.1. The second-order valence-corrected chi connectivity index (χ2v) is 5.07. The highest BCUT2D eigenvalue weighted by Crippen LogP contribution is 2.21. The lowest BCUT2D eigenvalue weighted by molar-refractivity contribution is 0.127. The minimum atomic E-state index is -0.210. The van der Waals surface area contributed by atoms with E-state index in [0.29, 0.717) is 6.04 Å². The summed E-state index contributed by atoms with van der Waals surface area (Å²) in [7, 11) is 2.04. The van der Waals surface area contributed by atoms with Gasteiger partial charge in [0.05, 0.1) is 12.6 Å². The van der Waals surface area contributed by atoms with E-state index in [1.807, 2.05) is 13.1 Å². The van der Waals surface area contributed by atoms with Crippen LogP contribution in [0.4, 0.5) is 10.1 Å². The molecule has 0 bridgehead atoms. The molecule has 2 unspecified atom stereocenters. The number of halogens is 1. The lowest BCUT2D eigenvalue weighted by atomic mass is 10.2. The third-order valence-corrected chi connectivity index (χ3v) is 3.90. The number of anilines is 1. The zero-order valence-corrected chi connectivity index (χ0v) is 11.0. The van der Waals surface area contributed by atoms with Crippen molar-refractivity contribution in [1.82, 2.24) is 4.90 Å². The topological polar surface area (TPSA) is 26.7 Å². The molecule has 2 rings (SSSR count). The van der Waals surface area contributed by atoms with Crippen LogP contribution in [0.2, 0.25) is 0 Å². The molecule has 1 saturated heterocycles. The molecule has 0 amide bonds. The average Bonchev–Trinajstić information content (AvgIpc) is 2.51. The Balaban J connectivity index is 2.19. The predicted molar refractivity (Wildman–Crippen MR) is 71.3 cm³/mol. The van der Waals surface area contributed by atoms with Crippen molar-refractivity contribution in [2.75, 3.05) is 31.6 Å². The molecule has 100 valence electrons. The summed E-state index contributed by atoms with van der Waals surface area (Å²) in [6.07, 6.45) is 1.02. The van der Waals surface area contributed by atoms with Gasteiger partial charge in [-0.25, -0.2) is 4.39 Å². The van der Waals surface area contributed by atoms with E-state index in [1.165, 1.54) is 6.07 Å². The molecule has 0 aromatic heterocycles.